The van der Waals surface area contributed by atoms with Gasteiger partial charge in [-0.25, -0.2) is 18.4 Å². The van der Waals surface area contributed by atoms with Crippen LogP contribution in [0.3, 0.4) is 0 Å². The van der Waals surface area contributed by atoms with E-state index in [4.69, 9.17) is 23.2 Å². The van der Waals surface area contributed by atoms with Crippen molar-refractivity contribution in [1.29, 1.82) is 0 Å². The van der Waals surface area contributed by atoms with Crippen LogP contribution in [-0.4, -0.2) is 41.8 Å². The molecule has 0 radical (unpaired) electrons. The number of halogens is 2. The van der Waals surface area contributed by atoms with Crippen LogP contribution in [0.2, 0.25) is 10.2 Å². The number of aromatic nitrogens is 2. The fourth-order valence-electron chi connectivity index (χ4n) is 3.73. The zero-order valence-electron chi connectivity index (χ0n) is 16.4. The van der Waals surface area contributed by atoms with Crippen LogP contribution in [0.5, 0.6) is 0 Å². The number of sulfone groups is 1. The maximum absolute atomic E-state index is 13.1. The largest absolute Gasteiger partial charge is 0.393 e. The van der Waals surface area contributed by atoms with E-state index in [9.17, 15) is 18.3 Å². The van der Waals surface area contributed by atoms with Crippen LogP contribution in [0.25, 0.3) is 0 Å². The van der Waals surface area contributed by atoms with E-state index >= 15 is 0 Å². The number of hydrogen-bond acceptors (Lipinski definition) is 6. The molecule has 2 N–H and O–H groups in total. The molecular formula is C20H23Cl2N3O4S. The number of benzene rings is 1. The van der Waals surface area contributed by atoms with Crippen molar-refractivity contribution < 1.29 is 18.3 Å². The fourth-order valence-corrected chi connectivity index (χ4v) is 5.17. The number of carbonyl (C=O) groups is 1. The lowest BCUT2D eigenvalue weighted by molar-refractivity contribution is -0.118. The van der Waals surface area contributed by atoms with E-state index < -0.39 is 15.8 Å². The Morgan fingerprint density at radius 3 is 2.47 bits per heavy atom. The van der Waals surface area contributed by atoms with Crippen LogP contribution in [0, 0.1) is 5.92 Å². The predicted octanol–water partition coefficient (Wildman–Crippen LogP) is 3.85. The second-order valence-corrected chi connectivity index (χ2v) is 10.4. The second-order valence-electron chi connectivity index (χ2n) is 7.64. The van der Waals surface area contributed by atoms with Gasteiger partial charge in [-0.3, -0.25) is 4.79 Å². The Balaban J connectivity index is 1.87. The number of anilines is 1. The van der Waals surface area contributed by atoms with E-state index in [1.54, 1.807) is 6.07 Å². The highest BCUT2D eigenvalue weighted by molar-refractivity contribution is 7.90. The summed E-state index contributed by atoms with van der Waals surface area (Å²) in [6.07, 6.45) is 7.10. The molecule has 0 bridgehead atoms. The summed E-state index contributed by atoms with van der Waals surface area (Å²) in [4.78, 5) is 21.1. The summed E-state index contributed by atoms with van der Waals surface area (Å²) < 4.78 is 23.7. The Kier molecular flexibility index (Phi) is 7.34. The maximum atomic E-state index is 13.1. The zero-order chi connectivity index (χ0) is 21.9. The van der Waals surface area contributed by atoms with E-state index in [2.05, 4.69) is 15.3 Å². The topological polar surface area (TPSA) is 109 Å². The number of nitrogens with zero attached hydrogens (tertiary/aromatic N) is 2. The standard InChI is InChI=1S/C20H23Cl2N3O4S/c1-30(28,29)17-7-4-13(9-16(17)21)15(8-12-2-5-14(26)6-3-12)20(27)25-19-11-23-18(22)10-24-19/h4,7,9-12,14-15,26H,2-3,5-6,8H2,1H3,(H,24,25,27)/t12?,14?,15-/m1/s1. The zero-order valence-corrected chi connectivity index (χ0v) is 18.7. The predicted molar refractivity (Wildman–Crippen MR) is 116 cm³/mol. The molecule has 10 heteroatoms. The lowest BCUT2D eigenvalue weighted by atomic mass is 9.79. The fraction of sp³-hybridized carbons (Fsp3) is 0.450. The maximum Gasteiger partial charge on any atom is 0.233 e. The van der Waals surface area contributed by atoms with Gasteiger partial charge in [-0.15, -0.1) is 0 Å². The molecule has 0 saturated heterocycles. The minimum atomic E-state index is -3.47. The van der Waals surface area contributed by atoms with Crippen molar-refractivity contribution in [2.75, 3.05) is 11.6 Å². The number of rotatable bonds is 6. The van der Waals surface area contributed by atoms with Crippen LogP contribution in [0.4, 0.5) is 5.82 Å². The van der Waals surface area contributed by atoms with E-state index in [1.807, 2.05) is 0 Å². The van der Waals surface area contributed by atoms with E-state index in [1.165, 1.54) is 24.5 Å². The molecule has 3 rings (SSSR count). The molecule has 1 atom stereocenters. The van der Waals surface area contributed by atoms with Crippen molar-refractivity contribution in [2.45, 2.75) is 49.0 Å². The average Bonchev–Trinajstić information content (AvgIpc) is 2.68. The van der Waals surface area contributed by atoms with Gasteiger partial charge in [0.05, 0.1) is 34.3 Å². The second kappa shape index (κ2) is 9.60. The summed E-state index contributed by atoms with van der Waals surface area (Å²) in [7, 11) is -3.47. The molecule has 1 amide bonds. The molecular weight excluding hydrogens is 449 g/mol. The third-order valence-corrected chi connectivity index (χ3v) is 7.11. The van der Waals surface area contributed by atoms with Crippen LogP contribution in [0.15, 0.2) is 35.5 Å². The minimum Gasteiger partial charge on any atom is -0.393 e. The van der Waals surface area contributed by atoms with Gasteiger partial charge in [0.1, 0.15) is 5.15 Å². The SMILES string of the molecule is CS(=O)(=O)c1ccc([C@@H](CC2CCC(O)CC2)C(=O)Nc2cnc(Cl)cn2)cc1Cl. The first kappa shape index (κ1) is 22.9. The van der Waals surface area contributed by atoms with Crippen LogP contribution < -0.4 is 5.32 Å². The Bertz CT molecular complexity index is 1010. The van der Waals surface area contributed by atoms with Crippen LogP contribution in [0.1, 0.15) is 43.6 Å². The summed E-state index contributed by atoms with van der Waals surface area (Å²) in [5.41, 5.74) is 0.623. The van der Waals surface area contributed by atoms with E-state index in [0.29, 0.717) is 24.8 Å². The average molecular weight is 472 g/mol. The minimum absolute atomic E-state index is 0.0245. The van der Waals surface area contributed by atoms with Crippen molar-refractivity contribution >= 4 is 44.8 Å². The Morgan fingerprint density at radius 1 is 1.20 bits per heavy atom. The summed E-state index contributed by atoms with van der Waals surface area (Å²) in [6.45, 7) is 0. The van der Waals surface area contributed by atoms with E-state index in [0.717, 1.165) is 19.1 Å². The van der Waals surface area contributed by atoms with Crippen LogP contribution >= 0.6 is 23.2 Å². The first-order chi connectivity index (χ1) is 14.1. The van der Waals surface area contributed by atoms with Gasteiger partial charge in [-0.1, -0.05) is 29.3 Å². The van der Waals surface area contributed by atoms with Crippen molar-refractivity contribution in [3.8, 4) is 0 Å². The third-order valence-electron chi connectivity index (χ3n) is 5.33. The molecule has 1 saturated carbocycles. The Hall–Kier alpha value is -1.74. The molecule has 1 aromatic heterocycles. The van der Waals surface area contributed by atoms with Crippen molar-refractivity contribution in [3.05, 3.63) is 46.3 Å². The Morgan fingerprint density at radius 2 is 1.90 bits per heavy atom. The molecule has 1 heterocycles. The summed E-state index contributed by atoms with van der Waals surface area (Å²) in [5, 5.41) is 12.8. The number of hydrogen-bond donors (Lipinski definition) is 2. The molecule has 1 aliphatic carbocycles. The molecule has 0 spiro atoms. The first-order valence-electron chi connectivity index (χ1n) is 9.59. The lowest BCUT2D eigenvalue weighted by Gasteiger charge is -2.28. The summed E-state index contributed by atoms with van der Waals surface area (Å²) in [6, 6.07) is 4.59. The van der Waals surface area contributed by atoms with Gasteiger partial charge in [-0.2, -0.15) is 0 Å². The molecule has 0 aliphatic heterocycles. The van der Waals surface area contributed by atoms with Gasteiger partial charge in [0.25, 0.3) is 0 Å². The highest BCUT2D eigenvalue weighted by Gasteiger charge is 2.29. The highest BCUT2D eigenvalue weighted by atomic mass is 35.5. The first-order valence-corrected chi connectivity index (χ1v) is 12.2. The molecule has 2 aromatic rings. The summed E-state index contributed by atoms with van der Waals surface area (Å²) in [5.74, 6) is -0.323. The third kappa shape index (κ3) is 5.91. The molecule has 1 aromatic carbocycles. The van der Waals surface area contributed by atoms with Crippen molar-refractivity contribution in [1.82, 2.24) is 9.97 Å². The highest BCUT2D eigenvalue weighted by Crippen LogP contribution is 2.35. The number of nitrogens with one attached hydrogen (secondary N) is 1. The van der Waals surface area contributed by atoms with Crippen LogP contribution in [-0.2, 0) is 14.6 Å². The molecule has 1 aliphatic rings. The van der Waals surface area contributed by atoms with Gasteiger partial charge >= 0.3 is 0 Å². The monoisotopic (exact) mass is 471 g/mol. The molecule has 30 heavy (non-hydrogen) atoms. The van der Waals surface area contributed by atoms with Gasteiger partial charge in [0.2, 0.25) is 5.91 Å². The normalized spacial score (nSPS) is 20.5. The number of carbonyl (C=O) groups excluding carboxylic acids is 1. The molecule has 0 unspecified atom stereocenters. The summed E-state index contributed by atoms with van der Waals surface area (Å²) >= 11 is 12.0. The molecule has 7 nitrogen and oxygen atoms in total. The van der Waals surface area contributed by atoms with Crippen molar-refractivity contribution in [2.24, 2.45) is 5.92 Å². The quantitative estimate of drug-likeness (QED) is 0.661. The lowest BCUT2D eigenvalue weighted by Crippen LogP contribution is -2.26. The number of amides is 1. The van der Waals surface area contributed by atoms with Gasteiger partial charge in [0.15, 0.2) is 15.7 Å². The number of aliphatic hydroxyl groups excluding tert-OH is 1. The molecule has 162 valence electrons. The smallest absolute Gasteiger partial charge is 0.233 e. The van der Waals surface area contributed by atoms with Crippen molar-refractivity contribution in [3.63, 3.8) is 0 Å². The van der Waals surface area contributed by atoms with Gasteiger partial charge in [0, 0.05) is 6.26 Å². The van der Waals surface area contributed by atoms with Gasteiger partial charge < -0.3 is 10.4 Å². The van der Waals surface area contributed by atoms with Gasteiger partial charge in [-0.05, 0) is 55.7 Å². The van der Waals surface area contributed by atoms with E-state index in [-0.39, 0.29) is 38.8 Å². The molecule has 1 fully saturated rings. The Labute approximate surface area is 185 Å². The number of aliphatic hydroxyl groups is 1.